The Kier molecular flexibility index (Phi) is 3.63. The van der Waals surface area contributed by atoms with Gasteiger partial charge in [0.15, 0.2) is 5.69 Å². The SMILES string of the molecule is COc1ccc(-n2nc3ccc(OC)cc3c2C(F)(F)F)cc1. The zero-order valence-electron chi connectivity index (χ0n) is 12.4. The molecule has 0 radical (unpaired) electrons. The highest BCUT2D eigenvalue weighted by atomic mass is 19.4. The van der Waals surface area contributed by atoms with Crippen LogP contribution in [0.3, 0.4) is 0 Å². The minimum absolute atomic E-state index is 0.00679. The van der Waals surface area contributed by atoms with E-state index in [1.807, 2.05) is 0 Å². The standard InChI is InChI=1S/C16H13F3N2O2/c1-22-11-5-3-10(4-6-11)21-15(16(17,18)19)13-9-12(23-2)7-8-14(13)20-21/h3-9H,1-2H3. The summed E-state index contributed by atoms with van der Waals surface area (Å²) in [5, 5.41) is 4.07. The summed E-state index contributed by atoms with van der Waals surface area (Å²) in [4.78, 5) is 0. The maximum atomic E-state index is 13.6. The van der Waals surface area contributed by atoms with Gasteiger partial charge >= 0.3 is 6.18 Å². The van der Waals surface area contributed by atoms with E-state index in [9.17, 15) is 13.2 Å². The lowest BCUT2D eigenvalue weighted by Gasteiger charge is -2.11. The predicted octanol–water partition coefficient (Wildman–Crippen LogP) is 4.06. The average Bonchev–Trinajstić information content (AvgIpc) is 2.93. The number of benzene rings is 2. The number of hydrogen-bond donors (Lipinski definition) is 0. The van der Waals surface area contributed by atoms with Crippen LogP contribution in [-0.2, 0) is 6.18 Å². The van der Waals surface area contributed by atoms with E-state index >= 15 is 0 Å². The van der Waals surface area contributed by atoms with Crippen LogP contribution in [0.5, 0.6) is 11.5 Å². The second-order valence-electron chi connectivity index (χ2n) is 4.84. The summed E-state index contributed by atoms with van der Waals surface area (Å²) in [6.45, 7) is 0. The van der Waals surface area contributed by atoms with Gasteiger partial charge in [-0.05, 0) is 42.5 Å². The number of alkyl halides is 3. The van der Waals surface area contributed by atoms with Gasteiger partial charge in [0.25, 0.3) is 0 Å². The smallest absolute Gasteiger partial charge is 0.434 e. The molecule has 0 saturated heterocycles. The molecular weight excluding hydrogens is 309 g/mol. The molecule has 0 N–H and O–H groups in total. The number of halogens is 3. The van der Waals surface area contributed by atoms with Gasteiger partial charge in [-0.1, -0.05) is 0 Å². The van der Waals surface area contributed by atoms with Crippen LogP contribution in [0.25, 0.3) is 16.6 Å². The molecule has 0 aliphatic heterocycles. The van der Waals surface area contributed by atoms with Crippen LogP contribution in [0.4, 0.5) is 13.2 Å². The minimum Gasteiger partial charge on any atom is -0.497 e. The Morgan fingerprint density at radius 3 is 2.09 bits per heavy atom. The number of fused-ring (bicyclic) bond motifs is 1. The summed E-state index contributed by atoms with van der Waals surface area (Å²) in [6, 6.07) is 10.6. The van der Waals surface area contributed by atoms with E-state index in [2.05, 4.69) is 5.10 Å². The molecule has 0 unspecified atom stereocenters. The molecule has 1 heterocycles. The molecule has 0 aliphatic carbocycles. The Hall–Kier alpha value is -2.70. The third-order valence-corrected chi connectivity index (χ3v) is 3.46. The van der Waals surface area contributed by atoms with Gasteiger partial charge in [-0.3, -0.25) is 0 Å². The first-order chi connectivity index (χ1) is 10.9. The van der Waals surface area contributed by atoms with E-state index in [0.717, 1.165) is 4.68 Å². The second kappa shape index (κ2) is 5.49. The lowest BCUT2D eigenvalue weighted by molar-refractivity contribution is -0.141. The minimum atomic E-state index is -4.55. The number of ether oxygens (including phenoxy) is 2. The number of hydrogen-bond acceptors (Lipinski definition) is 3. The molecule has 0 aliphatic rings. The van der Waals surface area contributed by atoms with Crippen molar-refractivity contribution >= 4 is 10.9 Å². The predicted molar refractivity (Wildman–Crippen MR) is 79.2 cm³/mol. The first kappa shape index (κ1) is 15.2. The van der Waals surface area contributed by atoms with Crippen molar-refractivity contribution in [1.82, 2.24) is 9.78 Å². The third kappa shape index (κ3) is 2.69. The van der Waals surface area contributed by atoms with Crippen molar-refractivity contribution in [1.29, 1.82) is 0 Å². The van der Waals surface area contributed by atoms with Crippen molar-refractivity contribution < 1.29 is 22.6 Å². The zero-order chi connectivity index (χ0) is 16.6. The van der Waals surface area contributed by atoms with Crippen LogP contribution in [0.15, 0.2) is 42.5 Å². The molecule has 2 aromatic carbocycles. The van der Waals surface area contributed by atoms with Gasteiger partial charge in [0.05, 0.1) is 25.4 Å². The highest BCUT2D eigenvalue weighted by molar-refractivity contribution is 5.84. The molecule has 0 fully saturated rings. The summed E-state index contributed by atoms with van der Waals surface area (Å²) in [6.07, 6.45) is -4.55. The van der Waals surface area contributed by atoms with Gasteiger partial charge in [-0.15, -0.1) is 0 Å². The number of aromatic nitrogens is 2. The van der Waals surface area contributed by atoms with Gasteiger partial charge in [0.2, 0.25) is 0 Å². The normalized spacial score (nSPS) is 11.7. The van der Waals surface area contributed by atoms with Gasteiger partial charge in [-0.2, -0.15) is 18.3 Å². The van der Waals surface area contributed by atoms with Gasteiger partial charge in [0.1, 0.15) is 11.5 Å². The average molecular weight is 322 g/mol. The van der Waals surface area contributed by atoms with Crippen LogP contribution < -0.4 is 9.47 Å². The monoisotopic (exact) mass is 322 g/mol. The van der Waals surface area contributed by atoms with Crippen molar-refractivity contribution in [2.24, 2.45) is 0 Å². The summed E-state index contributed by atoms with van der Waals surface area (Å²) >= 11 is 0. The topological polar surface area (TPSA) is 36.3 Å². The molecule has 3 aromatic rings. The molecule has 1 aromatic heterocycles. The quantitative estimate of drug-likeness (QED) is 0.729. The molecule has 0 bridgehead atoms. The first-order valence-electron chi connectivity index (χ1n) is 6.72. The van der Waals surface area contributed by atoms with Crippen molar-refractivity contribution in [3.05, 3.63) is 48.2 Å². The number of nitrogens with zero attached hydrogens (tertiary/aromatic N) is 2. The van der Waals surface area contributed by atoms with E-state index in [1.165, 1.54) is 38.5 Å². The Morgan fingerprint density at radius 2 is 1.52 bits per heavy atom. The van der Waals surface area contributed by atoms with E-state index in [0.29, 0.717) is 17.2 Å². The lowest BCUT2D eigenvalue weighted by atomic mass is 10.2. The van der Waals surface area contributed by atoms with Crippen LogP contribution in [-0.4, -0.2) is 24.0 Å². The Bertz CT molecular complexity index is 839. The van der Waals surface area contributed by atoms with Crippen molar-refractivity contribution in [2.45, 2.75) is 6.18 Å². The molecule has 0 amide bonds. The molecule has 0 atom stereocenters. The molecule has 7 heteroatoms. The van der Waals surface area contributed by atoms with E-state index in [4.69, 9.17) is 9.47 Å². The first-order valence-corrected chi connectivity index (χ1v) is 6.72. The van der Waals surface area contributed by atoms with Crippen molar-refractivity contribution in [2.75, 3.05) is 14.2 Å². The summed E-state index contributed by atoms with van der Waals surface area (Å²) in [5.41, 5.74) is -0.293. The maximum Gasteiger partial charge on any atom is 0.434 e. The summed E-state index contributed by atoms with van der Waals surface area (Å²) < 4.78 is 51.6. The second-order valence-corrected chi connectivity index (χ2v) is 4.84. The molecule has 3 rings (SSSR count). The molecule has 0 spiro atoms. The van der Waals surface area contributed by atoms with E-state index in [-0.39, 0.29) is 10.9 Å². The molecule has 120 valence electrons. The van der Waals surface area contributed by atoms with E-state index in [1.54, 1.807) is 18.2 Å². The van der Waals surface area contributed by atoms with Crippen LogP contribution in [0.1, 0.15) is 5.69 Å². The molecule has 0 saturated carbocycles. The van der Waals surface area contributed by atoms with Crippen molar-refractivity contribution in [3.63, 3.8) is 0 Å². The lowest BCUT2D eigenvalue weighted by Crippen LogP contribution is -2.13. The van der Waals surface area contributed by atoms with Gasteiger partial charge in [0, 0.05) is 5.39 Å². The molecule has 23 heavy (non-hydrogen) atoms. The summed E-state index contributed by atoms with van der Waals surface area (Å²) in [5.74, 6) is 0.901. The van der Waals surface area contributed by atoms with Gasteiger partial charge in [-0.25, -0.2) is 4.68 Å². The van der Waals surface area contributed by atoms with E-state index < -0.39 is 11.9 Å². The Balaban J connectivity index is 2.26. The number of rotatable bonds is 3. The largest absolute Gasteiger partial charge is 0.497 e. The summed E-state index contributed by atoms with van der Waals surface area (Å²) in [7, 11) is 2.90. The van der Waals surface area contributed by atoms with Crippen molar-refractivity contribution in [3.8, 4) is 17.2 Å². The fraction of sp³-hybridized carbons (Fsp3) is 0.188. The highest BCUT2D eigenvalue weighted by Crippen LogP contribution is 2.37. The fourth-order valence-corrected chi connectivity index (χ4v) is 2.37. The third-order valence-electron chi connectivity index (χ3n) is 3.46. The zero-order valence-corrected chi connectivity index (χ0v) is 12.4. The van der Waals surface area contributed by atoms with Crippen LogP contribution >= 0.6 is 0 Å². The van der Waals surface area contributed by atoms with Crippen LogP contribution in [0, 0.1) is 0 Å². The van der Waals surface area contributed by atoms with Gasteiger partial charge < -0.3 is 9.47 Å². The Morgan fingerprint density at radius 1 is 0.913 bits per heavy atom. The van der Waals surface area contributed by atoms with Crippen LogP contribution in [0.2, 0.25) is 0 Å². The fourth-order valence-electron chi connectivity index (χ4n) is 2.37. The highest BCUT2D eigenvalue weighted by Gasteiger charge is 2.38. The number of methoxy groups -OCH3 is 2. The molecule has 4 nitrogen and oxygen atoms in total. The maximum absolute atomic E-state index is 13.6. The molecular formula is C16H13F3N2O2. The Labute approximate surface area is 130 Å².